The number of aromatic nitrogens is 1. The molecular formula is C25H26N2O. The van der Waals surface area contributed by atoms with Gasteiger partial charge in [-0.2, -0.15) is 0 Å². The van der Waals surface area contributed by atoms with E-state index in [1.165, 1.54) is 5.56 Å². The first-order chi connectivity index (χ1) is 13.7. The highest BCUT2D eigenvalue weighted by Crippen LogP contribution is 2.23. The number of likely N-dealkylation sites (tertiary alicyclic amines) is 1. The Hall–Kier alpha value is -3.07. The predicted molar refractivity (Wildman–Crippen MR) is 116 cm³/mol. The smallest absolute Gasteiger partial charge is 0.187 e. The number of benzene rings is 2. The maximum Gasteiger partial charge on any atom is 0.187 e. The van der Waals surface area contributed by atoms with Gasteiger partial charge in [-0.05, 0) is 48.7 Å². The molecule has 1 saturated heterocycles. The van der Waals surface area contributed by atoms with Crippen molar-refractivity contribution in [3.05, 3.63) is 90.3 Å². The van der Waals surface area contributed by atoms with Gasteiger partial charge >= 0.3 is 0 Å². The van der Waals surface area contributed by atoms with Crippen LogP contribution < -0.4 is 0 Å². The number of nitrogens with zero attached hydrogens (tertiary/aromatic N) is 2. The second kappa shape index (κ2) is 8.30. The summed E-state index contributed by atoms with van der Waals surface area (Å²) in [7, 11) is 1.99. The van der Waals surface area contributed by atoms with Crippen LogP contribution in [0, 0.1) is 5.92 Å². The quantitative estimate of drug-likeness (QED) is 0.450. The van der Waals surface area contributed by atoms with Gasteiger partial charge in [-0.25, -0.2) is 0 Å². The summed E-state index contributed by atoms with van der Waals surface area (Å²) in [6, 6.07) is 18.5. The number of carbonyl (C=O) groups is 1. The molecule has 1 aromatic heterocycles. The van der Waals surface area contributed by atoms with E-state index in [1.807, 2.05) is 42.1 Å². The summed E-state index contributed by atoms with van der Waals surface area (Å²) in [5, 5.41) is 1.03. The SMILES string of the molecule is Cn1cc(C(=O)C=CC2CCN(C=Cc3ccccc3)CC2)c2ccccc21. The average Bonchev–Trinajstić information content (AvgIpc) is 3.09. The minimum atomic E-state index is 0.100. The van der Waals surface area contributed by atoms with Crippen molar-refractivity contribution in [3.63, 3.8) is 0 Å². The molecule has 28 heavy (non-hydrogen) atoms. The molecule has 0 atom stereocenters. The maximum absolute atomic E-state index is 12.7. The Morgan fingerprint density at radius 2 is 1.71 bits per heavy atom. The Balaban J connectivity index is 1.35. The molecule has 1 aliphatic rings. The van der Waals surface area contributed by atoms with Gasteiger partial charge in [0.15, 0.2) is 5.78 Å². The van der Waals surface area contributed by atoms with E-state index >= 15 is 0 Å². The third kappa shape index (κ3) is 4.09. The lowest BCUT2D eigenvalue weighted by Crippen LogP contribution is -2.28. The highest BCUT2D eigenvalue weighted by atomic mass is 16.1. The summed E-state index contributed by atoms with van der Waals surface area (Å²) >= 11 is 0. The van der Waals surface area contributed by atoms with E-state index < -0.39 is 0 Å². The third-order valence-electron chi connectivity index (χ3n) is 5.53. The van der Waals surface area contributed by atoms with E-state index in [-0.39, 0.29) is 5.78 Å². The fourth-order valence-corrected chi connectivity index (χ4v) is 3.87. The lowest BCUT2D eigenvalue weighted by molar-refractivity contribution is 0.104. The standard InChI is InChI=1S/C25H26N2O/c1-26-19-23(22-9-5-6-10-24(22)26)25(28)12-11-21-14-17-27(18-15-21)16-13-20-7-3-2-4-8-20/h2-13,16,19,21H,14-15,17-18H2,1H3. The van der Waals surface area contributed by atoms with E-state index in [1.54, 1.807) is 6.08 Å². The molecule has 2 aromatic carbocycles. The summed E-state index contributed by atoms with van der Waals surface area (Å²) in [6.45, 7) is 2.06. The van der Waals surface area contributed by atoms with E-state index in [9.17, 15) is 4.79 Å². The lowest BCUT2D eigenvalue weighted by Gasteiger charge is -2.29. The molecular weight excluding hydrogens is 344 g/mol. The molecule has 0 amide bonds. The first kappa shape index (κ1) is 18.3. The number of para-hydroxylation sites is 1. The molecule has 4 rings (SSSR count). The molecule has 0 radical (unpaired) electrons. The van der Waals surface area contributed by atoms with Crippen LogP contribution in [0.4, 0.5) is 0 Å². The van der Waals surface area contributed by atoms with Crippen molar-refractivity contribution in [2.75, 3.05) is 13.1 Å². The Morgan fingerprint density at radius 3 is 2.50 bits per heavy atom. The fourth-order valence-electron chi connectivity index (χ4n) is 3.87. The van der Waals surface area contributed by atoms with Crippen LogP contribution in [-0.2, 0) is 7.05 Å². The highest BCUT2D eigenvalue weighted by molar-refractivity contribution is 6.13. The first-order valence-corrected chi connectivity index (χ1v) is 9.94. The van der Waals surface area contributed by atoms with E-state index in [0.717, 1.165) is 42.4 Å². The fraction of sp³-hybridized carbons (Fsp3) is 0.240. The summed E-state index contributed by atoms with van der Waals surface area (Å²) < 4.78 is 2.02. The zero-order valence-corrected chi connectivity index (χ0v) is 16.3. The first-order valence-electron chi connectivity index (χ1n) is 9.94. The van der Waals surface area contributed by atoms with E-state index in [0.29, 0.717) is 5.92 Å². The van der Waals surface area contributed by atoms with Crippen molar-refractivity contribution in [2.24, 2.45) is 13.0 Å². The van der Waals surface area contributed by atoms with Gasteiger partial charge in [0.1, 0.15) is 0 Å². The summed E-state index contributed by atoms with van der Waals surface area (Å²) in [4.78, 5) is 15.1. The van der Waals surface area contributed by atoms with E-state index in [2.05, 4.69) is 53.6 Å². The van der Waals surface area contributed by atoms with Crippen molar-refractivity contribution in [2.45, 2.75) is 12.8 Å². The predicted octanol–water partition coefficient (Wildman–Crippen LogP) is 5.30. The van der Waals surface area contributed by atoms with E-state index in [4.69, 9.17) is 0 Å². The molecule has 0 spiro atoms. The van der Waals surface area contributed by atoms with Crippen LogP contribution in [-0.4, -0.2) is 28.3 Å². The van der Waals surface area contributed by atoms with Crippen LogP contribution in [0.2, 0.25) is 0 Å². The van der Waals surface area contributed by atoms with Gasteiger partial charge in [-0.1, -0.05) is 54.6 Å². The number of fused-ring (bicyclic) bond motifs is 1. The molecule has 0 N–H and O–H groups in total. The Bertz CT molecular complexity index is 1010. The normalized spacial score (nSPS) is 15.8. The van der Waals surface area contributed by atoms with Crippen LogP contribution >= 0.6 is 0 Å². The molecule has 0 aliphatic carbocycles. The third-order valence-corrected chi connectivity index (χ3v) is 5.53. The van der Waals surface area contributed by atoms with Gasteiger partial charge in [0.05, 0.1) is 0 Å². The topological polar surface area (TPSA) is 25.2 Å². The van der Waals surface area contributed by atoms with Crippen molar-refractivity contribution >= 4 is 22.8 Å². The minimum absolute atomic E-state index is 0.100. The monoisotopic (exact) mass is 370 g/mol. The van der Waals surface area contributed by atoms with Gasteiger partial charge in [0.2, 0.25) is 0 Å². The zero-order chi connectivity index (χ0) is 19.3. The van der Waals surface area contributed by atoms with Crippen LogP contribution in [0.25, 0.3) is 17.0 Å². The van der Waals surface area contributed by atoms with Gasteiger partial charge in [0, 0.05) is 42.8 Å². The van der Waals surface area contributed by atoms with Crippen LogP contribution in [0.3, 0.4) is 0 Å². The molecule has 3 aromatic rings. The van der Waals surface area contributed by atoms with Crippen molar-refractivity contribution < 1.29 is 4.79 Å². The lowest BCUT2D eigenvalue weighted by atomic mass is 9.95. The van der Waals surface area contributed by atoms with Crippen LogP contribution in [0.15, 0.2) is 79.1 Å². The molecule has 1 aliphatic heterocycles. The summed E-state index contributed by atoms with van der Waals surface area (Å²) in [5.74, 6) is 0.573. The van der Waals surface area contributed by atoms with Crippen molar-refractivity contribution in [1.82, 2.24) is 9.47 Å². The summed E-state index contributed by atoms with van der Waals surface area (Å²) in [5.41, 5.74) is 3.11. The number of carbonyl (C=O) groups excluding carboxylic acids is 1. The molecule has 0 saturated carbocycles. The average molecular weight is 370 g/mol. The Kier molecular flexibility index (Phi) is 5.43. The molecule has 1 fully saturated rings. The Morgan fingerprint density at radius 1 is 1.00 bits per heavy atom. The largest absolute Gasteiger partial charge is 0.377 e. The van der Waals surface area contributed by atoms with Gasteiger partial charge in [0.25, 0.3) is 0 Å². The van der Waals surface area contributed by atoms with Crippen LogP contribution in [0.5, 0.6) is 0 Å². The number of rotatable bonds is 5. The highest BCUT2D eigenvalue weighted by Gasteiger charge is 2.16. The molecule has 2 heterocycles. The molecule has 3 nitrogen and oxygen atoms in total. The number of piperidine rings is 1. The van der Waals surface area contributed by atoms with Gasteiger partial charge < -0.3 is 9.47 Å². The molecule has 0 unspecified atom stereocenters. The van der Waals surface area contributed by atoms with Gasteiger partial charge in [-0.15, -0.1) is 0 Å². The maximum atomic E-state index is 12.7. The molecule has 142 valence electrons. The van der Waals surface area contributed by atoms with Crippen LogP contribution in [0.1, 0.15) is 28.8 Å². The second-order valence-electron chi connectivity index (χ2n) is 7.49. The number of hydrogen-bond donors (Lipinski definition) is 0. The number of allylic oxidation sites excluding steroid dienone is 2. The number of ketones is 1. The zero-order valence-electron chi connectivity index (χ0n) is 16.3. The molecule has 3 heteroatoms. The minimum Gasteiger partial charge on any atom is -0.377 e. The van der Waals surface area contributed by atoms with Gasteiger partial charge in [-0.3, -0.25) is 4.79 Å². The molecule has 0 bridgehead atoms. The second-order valence-corrected chi connectivity index (χ2v) is 7.49. The summed E-state index contributed by atoms with van der Waals surface area (Å²) in [6.07, 6.45) is 12.4. The number of hydrogen-bond acceptors (Lipinski definition) is 2. The number of aryl methyl sites for hydroxylation is 1. The van der Waals surface area contributed by atoms with Crippen molar-refractivity contribution in [1.29, 1.82) is 0 Å². The van der Waals surface area contributed by atoms with Crippen molar-refractivity contribution in [3.8, 4) is 0 Å². The Labute approximate surface area is 166 Å².